The van der Waals surface area contributed by atoms with Crippen LogP contribution in [0.4, 0.5) is 5.13 Å². The van der Waals surface area contributed by atoms with Crippen molar-refractivity contribution in [1.82, 2.24) is 19.8 Å². The van der Waals surface area contributed by atoms with E-state index < -0.39 is 34.4 Å². The van der Waals surface area contributed by atoms with Gasteiger partial charge in [-0.25, -0.2) is 8.42 Å². The number of nitrogens with one attached hydrogen (secondary N) is 1. The van der Waals surface area contributed by atoms with Crippen LogP contribution in [0.1, 0.15) is 13.3 Å². The summed E-state index contributed by atoms with van der Waals surface area (Å²) in [7, 11) is -4.05. The van der Waals surface area contributed by atoms with Crippen LogP contribution in [-0.4, -0.2) is 47.3 Å². The molecule has 1 aromatic rings. The van der Waals surface area contributed by atoms with E-state index in [1.165, 1.54) is 0 Å². The summed E-state index contributed by atoms with van der Waals surface area (Å²) in [6, 6.07) is -0.937. The number of carbonyl (C=O) groups excluding carboxylic acids is 2. The molecule has 1 atom stereocenters. The second-order valence-corrected chi connectivity index (χ2v) is 6.87. The van der Waals surface area contributed by atoms with Crippen molar-refractivity contribution in [3.63, 3.8) is 0 Å². The predicted octanol–water partition coefficient (Wildman–Crippen LogP) is -1.45. The maximum atomic E-state index is 12.3. The summed E-state index contributed by atoms with van der Waals surface area (Å²) in [4.78, 5) is 23.0. The van der Waals surface area contributed by atoms with Gasteiger partial charge in [0.15, 0.2) is 0 Å². The van der Waals surface area contributed by atoms with Gasteiger partial charge in [0.1, 0.15) is 6.04 Å². The zero-order valence-electron chi connectivity index (χ0n) is 9.86. The lowest BCUT2D eigenvalue weighted by molar-refractivity contribution is -0.137. The van der Waals surface area contributed by atoms with Crippen LogP contribution in [0.2, 0.25) is 0 Å². The van der Waals surface area contributed by atoms with Crippen molar-refractivity contribution >= 4 is 38.3 Å². The Morgan fingerprint density at radius 3 is 2.68 bits per heavy atom. The number of nitrogens with zero attached hydrogens (tertiary/aromatic N) is 3. The monoisotopic (exact) mass is 305 g/mol. The summed E-state index contributed by atoms with van der Waals surface area (Å²) in [5, 5.41) is 8.97. The minimum absolute atomic E-state index is 0.000545. The number of hydrogen-bond donors (Lipinski definition) is 2. The lowest BCUT2D eigenvalue weighted by atomic mass is 10.2. The van der Waals surface area contributed by atoms with Crippen LogP contribution in [0.5, 0.6) is 0 Å². The van der Waals surface area contributed by atoms with Gasteiger partial charge in [0.05, 0.1) is 6.54 Å². The highest BCUT2D eigenvalue weighted by Crippen LogP contribution is 2.24. The Morgan fingerprint density at radius 2 is 2.16 bits per heavy atom. The third kappa shape index (κ3) is 2.43. The molecule has 1 fully saturated rings. The van der Waals surface area contributed by atoms with E-state index >= 15 is 0 Å². The average Bonchev–Trinajstić information content (AvgIpc) is 2.75. The molecule has 1 aliphatic rings. The third-order valence-corrected chi connectivity index (χ3v) is 5.50. The van der Waals surface area contributed by atoms with E-state index in [0.29, 0.717) is 11.3 Å². The number of amides is 2. The van der Waals surface area contributed by atoms with Gasteiger partial charge in [0.2, 0.25) is 21.3 Å². The molecular formula is C8H11N5O4S2. The summed E-state index contributed by atoms with van der Waals surface area (Å²) >= 11 is 0.686. The normalized spacial score (nSPS) is 21.4. The van der Waals surface area contributed by atoms with Gasteiger partial charge in [-0.3, -0.25) is 14.9 Å². The summed E-state index contributed by atoms with van der Waals surface area (Å²) in [5.74, 6) is -1.31. The number of nitrogen functional groups attached to an aromatic ring is 1. The fourth-order valence-corrected chi connectivity index (χ4v) is 4.23. The number of nitrogens with two attached hydrogens (primary N) is 1. The largest absolute Gasteiger partial charge is 0.374 e. The molecular weight excluding hydrogens is 294 g/mol. The second kappa shape index (κ2) is 4.83. The second-order valence-electron chi connectivity index (χ2n) is 3.79. The minimum Gasteiger partial charge on any atom is -0.374 e. The SMILES string of the molecule is CCC1C(=O)NC(=O)CN1S(=O)(=O)c1nnc(N)s1. The van der Waals surface area contributed by atoms with Crippen LogP contribution >= 0.6 is 11.3 Å². The Hall–Kier alpha value is -1.59. The van der Waals surface area contributed by atoms with Gasteiger partial charge < -0.3 is 5.73 Å². The van der Waals surface area contributed by atoms with Gasteiger partial charge in [0.25, 0.3) is 10.0 Å². The summed E-state index contributed by atoms with van der Waals surface area (Å²) < 4.78 is 25.1. The van der Waals surface area contributed by atoms with E-state index in [2.05, 4.69) is 15.5 Å². The Bertz CT molecular complexity index is 625. The van der Waals surface area contributed by atoms with Gasteiger partial charge in [-0.15, -0.1) is 10.2 Å². The molecule has 9 nitrogen and oxygen atoms in total. The molecule has 2 amide bonds. The topological polar surface area (TPSA) is 135 Å². The first-order chi connectivity index (χ1) is 8.86. The number of piperazine rings is 1. The van der Waals surface area contributed by atoms with Crippen molar-refractivity contribution in [2.75, 3.05) is 12.3 Å². The molecule has 1 unspecified atom stereocenters. The predicted molar refractivity (Wildman–Crippen MR) is 65.4 cm³/mol. The summed E-state index contributed by atoms with van der Waals surface area (Å²) in [6.07, 6.45) is 0.243. The Kier molecular flexibility index (Phi) is 3.52. The number of aromatic nitrogens is 2. The van der Waals surface area contributed by atoms with Crippen molar-refractivity contribution in [3.8, 4) is 0 Å². The quantitative estimate of drug-likeness (QED) is 0.652. The molecule has 0 radical (unpaired) electrons. The molecule has 2 rings (SSSR count). The number of carbonyl (C=O) groups is 2. The van der Waals surface area contributed by atoms with Gasteiger partial charge >= 0.3 is 0 Å². The third-order valence-electron chi connectivity index (χ3n) is 2.55. The number of hydrogen-bond acceptors (Lipinski definition) is 8. The standard InChI is InChI=1S/C8H11N5O4S2/c1-2-4-6(15)10-5(14)3-13(4)19(16,17)8-12-11-7(9)18-8/h4H,2-3H2,1H3,(H2,9,11)(H,10,14,15). The molecule has 1 aromatic heterocycles. The zero-order chi connectivity index (χ0) is 14.2. The van der Waals surface area contributed by atoms with Gasteiger partial charge in [-0.1, -0.05) is 18.3 Å². The van der Waals surface area contributed by atoms with Crippen LogP contribution in [0.25, 0.3) is 0 Å². The van der Waals surface area contributed by atoms with Crippen molar-refractivity contribution in [3.05, 3.63) is 0 Å². The molecule has 0 bridgehead atoms. The molecule has 0 aromatic carbocycles. The molecule has 104 valence electrons. The van der Waals surface area contributed by atoms with Gasteiger partial charge in [-0.05, 0) is 6.42 Å². The van der Waals surface area contributed by atoms with Gasteiger partial charge in [-0.2, -0.15) is 4.31 Å². The summed E-state index contributed by atoms with van der Waals surface area (Å²) in [6.45, 7) is 1.23. The van der Waals surface area contributed by atoms with E-state index in [0.717, 1.165) is 4.31 Å². The van der Waals surface area contributed by atoms with Crippen molar-refractivity contribution in [2.45, 2.75) is 23.7 Å². The lowest BCUT2D eigenvalue weighted by Crippen LogP contribution is -2.59. The maximum absolute atomic E-state index is 12.3. The molecule has 2 heterocycles. The highest BCUT2D eigenvalue weighted by atomic mass is 32.2. The molecule has 0 aliphatic carbocycles. The first-order valence-electron chi connectivity index (χ1n) is 5.30. The van der Waals surface area contributed by atoms with E-state index in [9.17, 15) is 18.0 Å². The van der Waals surface area contributed by atoms with Crippen molar-refractivity contribution < 1.29 is 18.0 Å². The Balaban J connectivity index is 2.42. The summed E-state index contributed by atoms with van der Waals surface area (Å²) in [5.41, 5.74) is 5.34. The van der Waals surface area contributed by atoms with Crippen LogP contribution < -0.4 is 11.1 Å². The number of sulfonamides is 1. The number of imide groups is 1. The minimum atomic E-state index is -4.05. The maximum Gasteiger partial charge on any atom is 0.273 e. The smallest absolute Gasteiger partial charge is 0.273 e. The van der Waals surface area contributed by atoms with Crippen LogP contribution in [0, 0.1) is 0 Å². The number of rotatable bonds is 3. The molecule has 19 heavy (non-hydrogen) atoms. The van der Waals surface area contributed by atoms with E-state index in [-0.39, 0.29) is 15.9 Å². The molecule has 11 heteroatoms. The Labute approximate surface area is 112 Å². The van der Waals surface area contributed by atoms with E-state index in [1.807, 2.05) is 0 Å². The molecule has 1 aliphatic heterocycles. The average molecular weight is 305 g/mol. The van der Waals surface area contributed by atoms with E-state index in [4.69, 9.17) is 5.73 Å². The first-order valence-corrected chi connectivity index (χ1v) is 7.56. The lowest BCUT2D eigenvalue weighted by Gasteiger charge is -2.31. The fourth-order valence-electron chi connectivity index (χ4n) is 1.71. The molecule has 3 N–H and O–H groups in total. The van der Waals surface area contributed by atoms with Crippen molar-refractivity contribution in [1.29, 1.82) is 0 Å². The van der Waals surface area contributed by atoms with Crippen LogP contribution in [0.3, 0.4) is 0 Å². The molecule has 1 saturated heterocycles. The van der Waals surface area contributed by atoms with Crippen LogP contribution in [0.15, 0.2) is 4.34 Å². The first kappa shape index (κ1) is 13.8. The fraction of sp³-hybridized carbons (Fsp3) is 0.500. The Morgan fingerprint density at radius 1 is 1.47 bits per heavy atom. The van der Waals surface area contributed by atoms with Gasteiger partial charge in [0, 0.05) is 0 Å². The van der Waals surface area contributed by atoms with Crippen molar-refractivity contribution in [2.24, 2.45) is 0 Å². The molecule has 0 saturated carbocycles. The molecule has 0 spiro atoms. The highest BCUT2D eigenvalue weighted by Gasteiger charge is 2.42. The highest BCUT2D eigenvalue weighted by molar-refractivity contribution is 7.91. The van der Waals surface area contributed by atoms with Crippen LogP contribution in [-0.2, 0) is 19.6 Å². The number of anilines is 1. The van der Waals surface area contributed by atoms with E-state index in [1.54, 1.807) is 6.92 Å². The zero-order valence-corrected chi connectivity index (χ0v) is 11.5.